The molecule has 4 heteroatoms. The third-order valence-corrected chi connectivity index (χ3v) is 4.51. The molecule has 3 nitrogen and oxygen atoms in total. The first kappa shape index (κ1) is 14.5. The van der Waals surface area contributed by atoms with Crippen molar-refractivity contribution in [3.63, 3.8) is 0 Å². The molecule has 0 atom stereocenters. The van der Waals surface area contributed by atoms with E-state index in [1.165, 1.54) is 37.9 Å². The Balaban J connectivity index is 1.63. The van der Waals surface area contributed by atoms with Crippen LogP contribution in [-0.2, 0) is 0 Å². The van der Waals surface area contributed by atoms with Crippen LogP contribution >= 0.6 is 0 Å². The molecular formula is C17H23FN2O. The Bertz CT molecular complexity index is 587. The van der Waals surface area contributed by atoms with E-state index in [4.69, 9.17) is 4.52 Å². The van der Waals surface area contributed by atoms with Crippen molar-refractivity contribution in [2.24, 2.45) is 0 Å². The van der Waals surface area contributed by atoms with Gasteiger partial charge in [-0.2, -0.15) is 0 Å². The minimum Gasteiger partial charge on any atom is -0.356 e. The van der Waals surface area contributed by atoms with Gasteiger partial charge < -0.3 is 9.42 Å². The Kier molecular flexibility index (Phi) is 4.54. The van der Waals surface area contributed by atoms with Crippen LogP contribution in [0.1, 0.15) is 50.6 Å². The summed E-state index contributed by atoms with van der Waals surface area (Å²) in [6.07, 6.45) is 6.13. The van der Waals surface area contributed by atoms with E-state index in [1.807, 2.05) is 0 Å². The van der Waals surface area contributed by atoms with Gasteiger partial charge in [0.25, 0.3) is 0 Å². The van der Waals surface area contributed by atoms with Gasteiger partial charge in [0, 0.05) is 17.4 Å². The fourth-order valence-electron chi connectivity index (χ4n) is 3.24. The molecule has 1 aliphatic heterocycles. The first-order chi connectivity index (χ1) is 10.3. The van der Waals surface area contributed by atoms with Gasteiger partial charge in [-0.15, -0.1) is 0 Å². The molecule has 1 saturated heterocycles. The molecule has 1 fully saturated rings. The van der Waals surface area contributed by atoms with Crippen LogP contribution in [0.15, 0.2) is 22.7 Å². The maximum atomic E-state index is 13.2. The molecule has 0 amide bonds. The van der Waals surface area contributed by atoms with Crippen LogP contribution in [-0.4, -0.2) is 29.7 Å². The molecule has 3 rings (SSSR count). The zero-order chi connectivity index (χ0) is 14.7. The van der Waals surface area contributed by atoms with Crippen molar-refractivity contribution in [2.75, 3.05) is 19.6 Å². The summed E-state index contributed by atoms with van der Waals surface area (Å²) in [5.74, 6) is 0.176. The quantitative estimate of drug-likeness (QED) is 0.767. The van der Waals surface area contributed by atoms with Crippen molar-refractivity contribution in [2.45, 2.75) is 44.9 Å². The van der Waals surface area contributed by atoms with E-state index in [1.54, 1.807) is 6.07 Å². The van der Waals surface area contributed by atoms with Crippen molar-refractivity contribution in [1.29, 1.82) is 0 Å². The number of piperidine rings is 1. The summed E-state index contributed by atoms with van der Waals surface area (Å²) < 4.78 is 18.5. The summed E-state index contributed by atoms with van der Waals surface area (Å²) in [6.45, 7) is 5.71. The second kappa shape index (κ2) is 6.56. The summed E-state index contributed by atoms with van der Waals surface area (Å²) >= 11 is 0. The summed E-state index contributed by atoms with van der Waals surface area (Å²) in [5, 5.41) is 5.17. The SMILES string of the molecule is CCCCCN1CCC(c2noc3cc(F)ccc23)CC1. The average Bonchev–Trinajstić information content (AvgIpc) is 2.91. The Morgan fingerprint density at radius 2 is 2.10 bits per heavy atom. The lowest BCUT2D eigenvalue weighted by atomic mass is 9.91. The van der Waals surface area contributed by atoms with Crippen molar-refractivity contribution in [3.8, 4) is 0 Å². The fraction of sp³-hybridized carbons (Fsp3) is 0.588. The van der Waals surface area contributed by atoms with Crippen LogP contribution in [0.25, 0.3) is 11.0 Å². The lowest BCUT2D eigenvalue weighted by Gasteiger charge is -2.31. The predicted molar refractivity (Wildman–Crippen MR) is 81.9 cm³/mol. The van der Waals surface area contributed by atoms with E-state index in [9.17, 15) is 4.39 Å². The van der Waals surface area contributed by atoms with E-state index < -0.39 is 0 Å². The summed E-state index contributed by atoms with van der Waals surface area (Å²) in [5.41, 5.74) is 1.58. The molecule has 1 aromatic carbocycles. The maximum absolute atomic E-state index is 13.2. The molecule has 0 N–H and O–H groups in total. The van der Waals surface area contributed by atoms with Crippen LogP contribution in [0.2, 0.25) is 0 Å². The van der Waals surface area contributed by atoms with Gasteiger partial charge >= 0.3 is 0 Å². The van der Waals surface area contributed by atoms with Gasteiger partial charge in [-0.25, -0.2) is 4.39 Å². The molecule has 2 aromatic rings. The fourth-order valence-corrected chi connectivity index (χ4v) is 3.24. The van der Waals surface area contributed by atoms with E-state index in [0.717, 1.165) is 37.0 Å². The highest BCUT2D eigenvalue weighted by molar-refractivity contribution is 5.79. The Hall–Kier alpha value is -1.42. The highest BCUT2D eigenvalue weighted by Gasteiger charge is 2.24. The predicted octanol–water partition coefficient (Wildman–Crippen LogP) is 4.34. The van der Waals surface area contributed by atoms with Gasteiger partial charge in [0.05, 0.1) is 5.69 Å². The molecule has 114 valence electrons. The largest absolute Gasteiger partial charge is 0.356 e. The van der Waals surface area contributed by atoms with Gasteiger partial charge in [0.15, 0.2) is 5.58 Å². The Morgan fingerprint density at radius 1 is 1.29 bits per heavy atom. The van der Waals surface area contributed by atoms with Gasteiger partial charge in [0.2, 0.25) is 0 Å². The maximum Gasteiger partial charge on any atom is 0.170 e. The van der Waals surface area contributed by atoms with E-state index in [-0.39, 0.29) is 5.82 Å². The van der Waals surface area contributed by atoms with E-state index >= 15 is 0 Å². The first-order valence-corrected chi connectivity index (χ1v) is 8.05. The minimum atomic E-state index is -0.268. The number of fused-ring (bicyclic) bond motifs is 1. The molecule has 0 aliphatic carbocycles. The number of rotatable bonds is 5. The highest BCUT2D eigenvalue weighted by atomic mass is 19.1. The van der Waals surface area contributed by atoms with E-state index in [2.05, 4.69) is 17.0 Å². The number of hydrogen-bond donors (Lipinski definition) is 0. The van der Waals surface area contributed by atoms with Crippen molar-refractivity contribution in [3.05, 3.63) is 29.7 Å². The lowest BCUT2D eigenvalue weighted by molar-refractivity contribution is 0.206. The number of aromatic nitrogens is 1. The standard InChI is InChI=1S/C17H23FN2O/c1-2-3-4-9-20-10-7-13(8-11-20)17-15-6-5-14(18)12-16(15)21-19-17/h5-6,12-13H,2-4,7-11H2,1H3. The van der Waals surface area contributed by atoms with Gasteiger partial charge in [-0.3, -0.25) is 0 Å². The normalized spacial score (nSPS) is 17.6. The smallest absolute Gasteiger partial charge is 0.170 e. The summed E-state index contributed by atoms with van der Waals surface area (Å²) in [7, 11) is 0. The zero-order valence-corrected chi connectivity index (χ0v) is 12.6. The topological polar surface area (TPSA) is 29.3 Å². The summed E-state index contributed by atoms with van der Waals surface area (Å²) in [6, 6.07) is 4.71. The molecule has 0 bridgehead atoms. The van der Waals surface area contributed by atoms with Crippen LogP contribution in [0.4, 0.5) is 4.39 Å². The number of benzene rings is 1. The molecule has 0 saturated carbocycles. The molecule has 0 radical (unpaired) electrons. The number of likely N-dealkylation sites (tertiary alicyclic amines) is 1. The van der Waals surface area contributed by atoms with Crippen LogP contribution in [0.5, 0.6) is 0 Å². The molecule has 0 unspecified atom stereocenters. The minimum absolute atomic E-state index is 0.268. The average molecular weight is 290 g/mol. The second-order valence-electron chi connectivity index (χ2n) is 6.03. The van der Waals surface area contributed by atoms with E-state index in [0.29, 0.717) is 11.5 Å². The van der Waals surface area contributed by atoms with Gasteiger partial charge in [-0.1, -0.05) is 24.9 Å². The highest BCUT2D eigenvalue weighted by Crippen LogP contribution is 2.32. The second-order valence-corrected chi connectivity index (χ2v) is 6.03. The lowest BCUT2D eigenvalue weighted by Crippen LogP contribution is -2.33. The number of halogens is 1. The molecule has 2 heterocycles. The zero-order valence-electron chi connectivity index (χ0n) is 12.6. The Morgan fingerprint density at radius 3 is 2.86 bits per heavy atom. The molecular weight excluding hydrogens is 267 g/mol. The third kappa shape index (κ3) is 3.26. The number of hydrogen-bond acceptors (Lipinski definition) is 3. The van der Waals surface area contributed by atoms with Crippen LogP contribution in [0, 0.1) is 5.82 Å². The van der Waals surface area contributed by atoms with Crippen molar-refractivity contribution in [1.82, 2.24) is 10.1 Å². The summed E-state index contributed by atoms with van der Waals surface area (Å²) in [4.78, 5) is 2.55. The van der Waals surface area contributed by atoms with Crippen LogP contribution < -0.4 is 0 Å². The molecule has 1 aromatic heterocycles. The van der Waals surface area contributed by atoms with Crippen LogP contribution in [0.3, 0.4) is 0 Å². The molecule has 0 spiro atoms. The number of nitrogens with zero attached hydrogens (tertiary/aromatic N) is 2. The van der Waals surface area contributed by atoms with Gasteiger partial charge in [-0.05, 0) is 51.0 Å². The monoisotopic (exact) mass is 290 g/mol. The molecule has 1 aliphatic rings. The molecule has 21 heavy (non-hydrogen) atoms. The first-order valence-electron chi connectivity index (χ1n) is 8.05. The van der Waals surface area contributed by atoms with Crippen molar-refractivity contribution < 1.29 is 8.91 Å². The number of unbranched alkanes of at least 4 members (excludes halogenated alkanes) is 2. The third-order valence-electron chi connectivity index (χ3n) is 4.51. The van der Waals surface area contributed by atoms with Crippen molar-refractivity contribution >= 4 is 11.0 Å². The Labute approximate surface area is 125 Å². The van der Waals surface area contributed by atoms with Gasteiger partial charge in [0.1, 0.15) is 5.82 Å².